The molecule has 0 saturated carbocycles. The molecular weight excluding hydrogens is 264 g/mol. The van der Waals surface area contributed by atoms with Crippen LogP contribution in [0.5, 0.6) is 0 Å². The van der Waals surface area contributed by atoms with E-state index in [1.54, 1.807) is 0 Å². The Hall–Kier alpha value is -0.180. The molecule has 0 heterocycles. The monoisotopic (exact) mass is 286 g/mol. The van der Waals surface area contributed by atoms with Gasteiger partial charge in [0.1, 0.15) is 9.84 Å². The second-order valence-corrected chi connectivity index (χ2v) is 8.23. The van der Waals surface area contributed by atoms with Gasteiger partial charge in [-0.1, -0.05) is 12.8 Å². The molecule has 0 saturated heterocycles. The summed E-state index contributed by atoms with van der Waals surface area (Å²) in [5, 5.41) is 0. The smallest absolute Gasteiger partial charge is 0.212 e. The molecule has 0 aromatic carbocycles. The molecule has 0 unspecified atom stereocenters. The largest absolute Gasteiger partial charge is 0.330 e. The zero-order valence-corrected chi connectivity index (χ0v) is 11.8. The third kappa shape index (κ3) is 12.1. The van der Waals surface area contributed by atoms with Crippen LogP contribution in [-0.2, 0) is 19.9 Å². The molecule has 0 atom stereocenters. The molecule has 3 N–H and O–H groups in total. The van der Waals surface area contributed by atoms with Crippen LogP contribution in [0.4, 0.5) is 0 Å². The summed E-state index contributed by atoms with van der Waals surface area (Å²) < 4.78 is 46.8. The SMILES string of the molecule is CS(=O)(=O)CCS(=O)(=O)NCCCCCCN. The number of sulfone groups is 1. The van der Waals surface area contributed by atoms with Crippen molar-refractivity contribution >= 4 is 19.9 Å². The summed E-state index contributed by atoms with van der Waals surface area (Å²) >= 11 is 0. The summed E-state index contributed by atoms with van der Waals surface area (Å²) in [7, 11) is -6.69. The molecule has 0 bridgehead atoms. The summed E-state index contributed by atoms with van der Waals surface area (Å²) in [6.45, 7) is 1.01. The lowest BCUT2D eigenvalue weighted by Gasteiger charge is -2.05. The Balaban J connectivity index is 3.72. The van der Waals surface area contributed by atoms with E-state index in [1.165, 1.54) is 0 Å². The van der Waals surface area contributed by atoms with E-state index >= 15 is 0 Å². The summed E-state index contributed by atoms with van der Waals surface area (Å²) in [5.74, 6) is -0.704. The lowest BCUT2D eigenvalue weighted by molar-refractivity contribution is 0.571. The summed E-state index contributed by atoms with van der Waals surface area (Å²) in [6, 6.07) is 0. The zero-order chi connectivity index (χ0) is 13.4. The quantitative estimate of drug-likeness (QED) is 0.525. The topological polar surface area (TPSA) is 106 Å². The van der Waals surface area contributed by atoms with Crippen molar-refractivity contribution in [2.24, 2.45) is 5.73 Å². The maximum atomic E-state index is 11.4. The maximum absolute atomic E-state index is 11.4. The van der Waals surface area contributed by atoms with E-state index in [4.69, 9.17) is 5.73 Å². The first-order valence-corrected chi connectivity index (χ1v) is 9.33. The van der Waals surface area contributed by atoms with Gasteiger partial charge in [0.2, 0.25) is 10.0 Å². The summed E-state index contributed by atoms with van der Waals surface area (Å²) in [6.07, 6.45) is 4.63. The fraction of sp³-hybridized carbons (Fsp3) is 1.00. The Bertz CT molecular complexity index is 389. The molecule has 0 rings (SSSR count). The van der Waals surface area contributed by atoms with Crippen molar-refractivity contribution < 1.29 is 16.8 Å². The normalized spacial score (nSPS) is 12.8. The van der Waals surface area contributed by atoms with Gasteiger partial charge in [0.25, 0.3) is 0 Å². The Morgan fingerprint density at radius 3 is 2.06 bits per heavy atom. The molecule has 104 valence electrons. The third-order valence-corrected chi connectivity index (χ3v) is 4.77. The van der Waals surface area contributed by atoms with Gasteiger partial charge in [0.05, 0.1) is 11.5 Å². The molecule has 0 spiro atoms. The molecule has 0 aliphatic carbocycles. The fourth-order valence-corrected chi connectivity index (χ4v) is 3.87. The first-order valence-electron chi connectivity index (χ1n) is 5.62. The van der Waals surface area contributed by atoms with E-state index in [2.05, 4.69) is 4.72 Å². The van der Waals surface area contributed by atoms with Crippen molar-refractivity contribution in [1.82, 2.24) is 4.72 Å². The Morgan fingerprint density at radius 2 is 1.53 bits per heavy atom. The Morgan fingerprint density at radius 1 is 0.941 bits per heavy atom. The van der Waals surface area contributed by atoms with E-state index in [1.807, 2.05) is 0 Å². The molecule has 0 aliphatic rings. The van der Waals surface area contributed by atoms with Gasteiger partial charge in [-0.05, 0) is 19.4 Å². The van der Waals surface area contributed by atoms with Gasteiger partial charge in [-0.2, -0.15) is 0 Å². The number of sulfonamides is 1. The van der Waals surface area contributed by atoms with Crippen LogP contribution in [0.2, 0.25) is 0 Å². The highest BCUT2D eigenvalue weighted by Crippen LogP contribution is 1.98. The molecule has 0 radical (unpaired) electrons. The molecule has 6 nitrogen and oxygen atoms in total. The summed E-state index contributed by atoms with van der Waals surface area (Å²) in [4.78, 5) is 0. The van der Waals surface area contributed by atoms with E-state index in [9.17, 15) is 16.8 Å². The second-order valence-electron chi connectivity index (χ2n) is 4.05. The van der Waals surface area contributed by atoms with Crippen molar-refractivity contribution in [3.63, 3.8) is 0 Å². The van der Waals surface area contributed by atoms with Gasteiger partial charge in [0, 0.05) is 12.8 Å². The van der Waals surface area contributed by atoms with E-state index in [0.717, 1.165) is 31.9 Å². The predicted octanol–water partition coefficient (Wildman–Crippen LogP) is -0.530. The van der Waals surface area contributed by atoms with Gasteiger partial charge in [-0.15, -0.1) is 0 Å². The fourth-order valence-electron chi connectivity index (χ4n) is 1.18. The minimum atomic E-state index is -3.46. The first-order chi connectivity index (χ1) is 7.77. The van der Waals surface area contributed by atoms with Crippen molar-refractivity contribution in [3.8, 4) is 0 Å². The molecule has 8 heteroatoms. The van der Waals surface area contributed by atoms with Crippen LogP contribution in [0.3, 0.4) is 0 Å². The van der Waals surface area contributed by atoms with Gasteiger partial charge >= 0.3 is 0 Å². The molecule has 0 aromatic rings. The maximum Gasteiger partial charge on any atom is 0.212 e. The van der Waals surface area contributed by atoms with Crippen LogP contribution in [-0.4, -0.2) is 47.7 Å². The number of nitrogens with two attached hydrogens (primary N) is 1. The van der Waals surface area contributed by atoms with Crippen molar-refractivity contribution in [1.29, 1.82) is 0 Å². The highest BCUT2D eigenvalue weighted by Gasteiger charge is 2.13. The first kappa shape index (κ1) is 16.8. The average Bonchev–Trinajstić information content (AvgIpc) is 2.20. The molecule has 0 aliphatic heterocycles. The predicted molar refractivity (Wildman–Crippen MR) is 69.0 cm³/mol. The highest BCUT2D eigenvalue weighted by molar-refractivity contribution is 7.93. The lowest BCUT2D eigenvalue weighted by atomic mass is 10.2. The Labute approximate surface area is 104 Å². The number of rotatable bonds is 10. The molecule has 17 heavy (non-hydrogen) atoms. The second kappa shape index (κ2) is 8.02. The van der Waals surface area contributed by atoms with E-state index in [-0.39, 0.29) is 11.5 Å². The number of nitrogens with one attached hydrogen (secondary N) is 1. The van der Waals surface area contributed by atoms with Crippen LogP contribution >= 0.6 is 0 Å². The molecule has 0 amide bonds. The zero-order valence-electron chi connectivity index (χ0n) is 10.2. The van der Waals surface area contributed by atoms with E-state index < -0.39 is 19.9 Å². The summed E-state index contributed by atoms with van der Waals surface area (Å²) in [5.41, 5.74) is 5.32. The van der Waals surface area contributed by atoms with Crippen LogP contribution < -0.4 is 10.5 Å². The number of unbranched alkanes of at least 4 members (excludes halogenated alkanes) is 3. The molecule has 0 fully saturated rings. The van der Waals surface area contributed by atoms with Crippen LogP contribution in [0.25, 0.3) is 0 Å². The van der Waals surface area contributed by atoms with Crippen molar-refractivity contribution in [3.05, 3.63) is 0 Å². The lowest BCUT2D eigenvalue weighted by Crippen LogP contribution is -2.30. The van der Waals surface area contributed by atoms with Crippen molar-refractivity contribution in [2.45, 2.75) is 25.7 Å². The Kier molecular flexibility index (Phi) is 7.93. The third-order valence-electron chi connectivity index (χ3n) is 2.18. The minimum absolute atomic E-state index is 0.338. The highest BCUT2D eigenvalue weighted by atomic mass is 32.2. The van der Waals surface area contributed by atoms with E-state index in [0.29, 0.717) is 13.1 Å². The van der Waals surface area contributed by atoms with Crippen molar-refractivity contribution in [2.75, 3.05) is 30.9 Å². The minimum Gasteiger partial charge on any atom is -0.330 e. The van der Waals surface area contributed by atoms with Gasteiger partial charge in [0.15, 0.2) is 0 Å². The molecule has 0 aromatic heterocycles. The standard InChI is InChI=1S/C9H22N2O4S2/c1-16(12,13)8-9-17(14,15)11-7-5-3-2-4-6-10/h11H,2-10H2,1H3. The van der Waals surface area contributed by atoms with Crippen LogP contribution in [0.15, 0.2) is 0 Å². The number of hydrogen-bond acceptors (Lipinski definition) is 5. The van der Waals surface area contributed by atoms with Crippen LogP contribution in [0.1, 0.15) is 25.7 Å². The van der Waals surface area contributed by atoms with Gasteiger partial charge in [-0.3, -0.25) is 0 Å². The van der Waals surface area contributed by atoms with Gasteiger partial charge < -0.3 is 5.73 Å². The average molecular weight is 286 g/mol. The molecular formula is C9H22N2O4S2. The number of hydrogen-bond donors (Lipinski definition) is 2. The van der Waals surface area contributed by atoms with Gasteiger partial charge in [-0.25, -0.2) is 21.6 Å². The van der Waals surface area contributed by atoms with Crippen LogP contribution in [0, 0.1) is 0 Å².